The van der Waals surface area contributed by atoms with Gasteiger partial charge in [0, 0.05) is 25.7 Å². The summed E-state index contributed by atoms with van der Waals surface area (Å²) in [4.78, 5) is 2.60. The summed E-state index contributed by atoms with van der Waals surface area (Å²) in [5.74, 6) is 0. The molecule has 0 aromatic heterocycles. The molecule has 0 aromatic rings. The molecular weight excluding hydrogens is 176 g/mol. The van der Waals surface area contributed by atoms with Gasteiger partial charge in [-0.05, 0) is 39.8 Å². The van der Waals surface area contributed by atoms with Crippen LogP contribution in [0.2, 0.25) is 0 Å². The molecule has 1 aliphatic carbocycles. The monoisotopic (exact) mass is 200 g/mol. The number of methoxy groups -OCH3 is 1. The highest BCUT2D eigenvalue weighted by Gasteiger charge is 2.31. The third-order valence-electron chi connectivity index (χ3n) is 2.95. The van der Waals surface area contributed by atoms with Crippen molar-refractivity contribution in [2.45, 2.75) is 38.3 Å². The second-order valence-corrected chi connectivity index (χ2v) is 4.20. The van der Waals surface area contributed by atoms with Gasteiger partial charge >= 0.3 is 0 Å². The van der Waals surface area contributed by atoms with Crippen LogP contribution in [-0.2, 0) is 4.74 Å². The molecule has 3 heteroatoms. The number of nitrogens with one attached hydrogen (secondary N) is 1. The normalized spacial score (nSPS) is 18.9. The van der Waals surface area contributed by atoms with E-state index in [1.54, 1.807) is 7.11 Å². The van der Waals surface area contributed by atoms with Crippen molar-refractivity contribution < 1.29 is 4.74 Å². The van der Waals surface area contributed by atoms with Crippen LogP contribution in [0.25, 0.3) is 0 Å². The quantitative estimate of drug-likeness (QED) is 0.635. The zero-order chi connectivity index (χ0) is 10.4. The van der Waals surface area contributed by atoms with E-state index in [9.17, 15) is 0 Å². The van der Waals surface area contributed by atoms with Gasteiger partial charge in [-0.2, -0.15) is 0 Å². The Hall–Kier alpha value is -0.120. The van der Waals surface area contributed by atoms with Gasteiger partial charge < -0.3 is 10.1 Å². The number of hydrogen-bond acceptors (Lipinski definition) is 3. The summed E-state index contributed by atoms with van der Waals surface area (Å²) < 4.78 is 5.15. The van der Waals surface area contributed by atoms with Gasteiger partial charge in [0.1, 0.15) is 0 Å². The molecule has 1 rings (SSSR count). The number of rotatable bonds is 8. The SMILES string of the molecule is CNCCC(C)N(CCOC)C1CC1. The molecule has 0 spiro atoms. The van der Waals surface area contributed by atoms with Gasteiger partial charge in [-0.1, -0.05) is 0 Å². The minimum Gasteiger partial charge on any atom is -0.383 e. The van der Waals surface area contributed by atoms with Crippen molar-refractivity contribution in [3.63, 3.8) is 0 Å². The molecule has 1 aliphatic rings. The molecule has 0 heterocycles. The fourth-order valence-electron chi connectivity index (χ4n) is 1.88. The Labute approximate surface area is 87.8 Å². The van der Waals surface area contributed by atoms with Crippen LogP contribution in [0.3, 0.4) is 0 Å². The third kappa shape index (κ3) is 3.95. The van der Waals surface area contributed by atoms with Crippen molar-refractivity contribution in [2.24, 2.45) is 0 Å². The van der Waals surface area contributed by atoms with Gasteiger partial charge in [-0.15, -0.1) is 0 Å². The molecule has 1 N–H and O–H groups in total. The van der Waals surface area contributed by atoms with E-state index in [1.165, 1.54) is 19.3 Å². The van der Waals surface area contributed by atoms with Crippen LogP contribution in [-0.4, -0.2) is 50.8 Å². The van der Waals surface area contributed by atoms with Crippen LogP contribution in [0.5, 0.6) is 0 Å². The van der Waals surface area contributed by atoms with Crippen LogP contribution in [0, 0.1) is 0 Å². The van der Waals surface area contributed by atoms with Crippen molar-refractivity contribution in [3.8, 4) is 0 Å². The molecule has 0 saturated heterocycles. The molecule has 3 nitrogen and oxygen atoms in total. The first-order valence-electron chi connectivity index (χ1n) is 5.69. The zero-order valence-electron chi connectivity index (χ0n) is 9.75. The molecular formula is C11H24N2O. The molecule has 0 radical (unpaired) electrons. The Balaban J connectivity index is 2.24. The lowest BCUT2D eigenvalue weighted by Gasteiger charge is -2.28. The predicted molar refractivity (Wildman–Crippen MR) is 59.6 cm³/mol. The zero-order valence-corrected chi connectivity index (χ0v) is 9.75. The first kappa shape index (κ1) is 12.0. The average Bonchev–Trinajstić information content (AvgIpc) is 2.99. The first-order valence-corrected chi connectivity index (χ1v) is 5.69. The van der Waals surface area contributed by atoms with Gasteiger partial charge in [0.25, 0.3) is 0 Å². The van der Waals surface area contributed by atoms with E-state index < -0.39 is 0 Å². The van der Waals surface area contributed by atoms with Crippen molar-refractivity contribution in [2.75, 3.05) is 33.9 Å². The smallest absolute Gasteiger partial charge is 0.0589 e. The minimum absolute atomic E-state index is 0.685. The van der Waals surface area contributed by atoms with Crippen LogP contribution < -0.4 is 5.32 Å². The van der Waals surface area contributed by atoms with Crippen molar-refractivity contribution >= 4 is 0 Å². The summed E-state index contributed by atoms with van der Waals surface area (Å²) in [5.41, 5.74) is 0. The fourth-order valence-corrected chi connectivity index (χ4v) is 1.88. The molecule has 0 aliphatic heterocycles. The van der Waals surface area contributed by atoms with E-state index >= 15 is 0 Å². The third-order valence-corrected chi connectivity index (χ3v) is 2.95. The summed E-state index contributed by atoms with van der Waals surface area (Å²) in [6.45, 7) is 5.38. The molecule has 1 fully saturated rings. The first-order chi connectivity index (χ1) is 6.79. The van der Waals surface area contributed by atoms with E-state index in [-0.39, 0.29) is 0 Å². The van der Waals surface area contributed by atoms with Gasteiger partial charge in [-0.3, -0.25) is 4.90 Å². The lowest BCUT2D eigenvalue weighted by Crippen LogP contribution is -2.39. The average molecular weight is 200 g/mol. The molecule has 0 amide bonds. The standard InChI is InChI=1S/C11H24N2O/c1-10(6-7-12-2)13(8-9-14-3)11-4-5-11/h10-12H,4-9H2,1-3H3. The Bertz CT molecular complexity index is 148. The Morgan fingerprint density at radius 2 is 2.21 bits per heavy atom. The van der Waals surface area contributed by atoms with Gasteiger partial charge in [0.05, 0.1) is 6.61 Å². The van der Waals surface area contributed by atoms with Crippen molar-refractivity contribution in [3.05, 3.63) is 0 Å². The van der Waals surface area contributed by atoms with E-state index in [2.05, 4.69) is 17.1 Å². The van der Waals surface area contributed by atoms with Crippen LogP contribution in [0.1, 0.15) is 26.2 Å². The highest BCUT2D eigenvalue weighted by atomic mass is 16.5. The van der Waals surface area contributed by atoms with E-state index in [0.717, 1.165) is 25.7 Å². The van der Waals surface area contributed by atoms with E-state index in [4.69, 9.17) is 4.74 Å². The second kappa shape index (κ2) is 6.38. The number of hydrogen-bond donors (Lipinski definition) is 1. The maximum atomic E-state index is 5.15. The van der Waals surface area contributed by atoms with E-state index in [0.29, 0.717) is 6.04 Å². The summed E-state index contributed by atoms with van der Waals surface area (Å²) in [6, 6.07) is 1.53. The molecule has 0 aromatic carbocycles. The maximum Gasteiger partial charge on any atom is 0.0589 e. The topological polar surface area (TPSA) is 24.5 Å². The summed E-state index contributed by atoms with van der Waals surface area (Å²) in [6.07, 6.45) is 4.00. The van der Waals surface area contributed by atoms with Crippen molar-refractivity contribution in [1.82, 2.24) is 10.2 Å². The fraction of sp³-hybridized carbons (Fsp3) is 1.00. The molecule has 1 saturated carbocycles. The van der Waals surface area contributed by atoms with Crippen molar-refractivity contribution in [1.29, 1.82) is 0 Å². The molecule has 1 unspecified atom stereocenters. The van der Waals surface area contributed by atoms with E-state index in [1.807, 2.05) is 7.05 Å². The van der Waals surface area contributed by atoms with Gasteiger partial charge in [0.15, 0.2) is 0 Å². The lowest BCUT2D eigenvalue weighted by molar-refractivity contribution is 0.116. The van der Waals surface area contributed by atoms with Crippen LogP contribution >= 0.6 is 0 Å². The maximum absolute atomic E-state index is 5.15. The Morgan fingerprint density at radius 3 is 2.71 bits per heavy atom. The molecule has 14 heavy (non-hydrogen) atoms. The lowest BCUT2D eigenvalue weighted by atomic mass is 10.2. The highest BCUT2D eigenvalue weighted by molar-refractivity contribution is 4.87. The Morgan fingerprint density at radius 1 is 1.50 bits per heavy atom. The predicted octanol–water partition coefficient (Wildman–Crippen LogP) is 1.10. The number of ether oxygens (including phenoxy) is 1. The molecule has 0 bridgehead atoms. The van der Waals surface area contributed by atoms with Gasteiger partial charge in [-0.25, -0.2) is 0 Å². The molecule has 84 valence electrons. The second-order valence-electron chi connectivity index (χ2n) is 4.20. The molecule has 1 atom stereocenters. The largest absolute Gasteiger partial charge is 0.383 e. The van der Waals surface area contributed by atoms with Gasteiger partial charge in [0.2, 0.25) is 0 Å². The minimum atomic E-state index is 0.685. The summed E-state index contributed by atoms with van der Waals surface area (Å²) >= 11 is 0. The van der Waals surface area contributed by atoms with Crippen LogP contribution in [0.4, 0.5) is 0 Å². The van der Waals surface area contributed by atoms with Crippen LogP contribution in [0.15, 0.2) is 0 Å². The highest BCUT2D eigenvalue weighted by Crippen LogP contribution is 2.28. The Kier molecular flexibility index (Phi) is 5.45. The number of nitrogens with zero attached hydrogens (tertiary/aromatic N) is 1. The summed E-state index contributed by atoms with van der Waals surface area (Å²) in [7, 11) is 3.80. The summed E-state index contributed by atoms with van der Waals surface area (Å²) in [5, 5.41) is 3.21.